The van der Waals surface area contributed by atoms with E-state index in [9.17, 15) is 4.79 Å². The van der Waals surface area contributed by atoms with Gasteiger partial charge in [0.2, 0.25) is 0 Å². The third-order valence-electron chi connectivity index (χ3n) is 1.53. The highest BCUT2D eigenvalue weighted by Crippen LogP contribution is 2.25. The van der Waals surface area contributed by atoms with Crippen molar-refractivity contribution in [3.63, 3.8) is 0 Å². The lowest BCUT2D eigenvalue weighted by atomic mass is 9.99. The van der Waals surface area contributed by atoms with Crippen molar-refractivity contribution in [2.24, 2.45) is 0 Å². The standard InChI is InChI=1S/C6H8BrClO/c7-4-2-1-3-5(9)6(4)8/h4,6H,1-3H2/t4-,6-/m0/s1. The van der Waals surface area contributed by atoms with Crippen LogP contribution >= 0.6 is 27.5 Å². The topological polar surface area (TPSA) is 17.1 Å². The van der Waals surface area contributed by atoms with Crippen LogP contribution in [0.5, 0.6) is 0 Å². The van der Waals surface area contributed by atoms with Gasteiger partial charge in [-0.15, -0.1) is 11.6 Å². The minimum absolute atomic E-state index is 0.185. The number of Topliss-reactive ketones (excluding diaryl/α,β-unsaturated/α-hetero) is 1. The zero-order valence-electron chi connectivity index (χ0n) is 4.94. The third-order valence-corrected chi connectivity index (χ3v) is 3.37. The quantitative estimate of drug-likeness (QED) is 0.561. The molecule has 0 spiro atoms. The fourth-order valence-electron chi connectivity index (χ4n) is 0.957. The Kier molecular flexibility index (Phi) is 2.53. The highest BCUT2D eigenvalue weighted by atomic mass is 79.9. The lowest BCUT2D eigenvalue weighted by molar-refractivity contribution is -0.119. The van der Waals surface area contributed by atoms with Crippen molar-refractivity contribution in [1.29, 1.82) is 0 Å². The minimum atomic E-state index is -0.279. The second kappa shape index (κ2) is 3.02. The second-order valence-corrected chi connectivity index (χ2v) is 3.92. The molecule has 0 heterocycles. The van der Waals surface area contributed by atoms with Crippen LogP contribution in [0.1, 0.15) is 19.3 Å². The molecule has 1 fully saturated rings. The van der Waals surface area contributed by atoms with Crippen molar-refractivity contribution in [1.82, 2.24) is 0 Å². The van der Waals surface area contributed by atoms with E-state index in [1.807, 2.05) is 0 Å². The van der Waals surface area contributed by atoms with E-state index in [1.54, 1.807) is 0 Å². The summed E-state index contributed by atoms with van der Waals surface area (Å²) in [5.74, 6) is 0.185. The Morgan fingerprint density at radius 2 is 2.33 bits per heavy atom. The van der Waals surface area contributed by atoms with E-state index in [0.717, 1.165) is 12.8 Å². The van der Waals surface area contributed by atoms with E-state index >= 15 is 0 Å². The molecule has 1 aliphatic carbocycles. The Bertz CT molecular complexity index is 126. The van der Waals surface area contributed by atoms with Crippen molar-refractivity contribution in [3.8, 4) is 0 Å². The summed E-state index contributed by atoms with van der Waals surface area (Å²) in [6, 6.07) is 0. The van der Waals surface area contributed by atoms with Gasteiger partial charge in [-0.3, -0.25) is 4.79 Å². The van der Waals surface area contributed by atoms with E-state index in [1.165, 1.54) is 0 Å². The van der Waals surface area contributed by atoms with Crippen molar-refractivity contribution in [2.75, 3.05) is 0 Å². The molecule has 0 aromatic carbocycles. The molecule has 0 radical (unpaired) electrons. The average molecular weight is 211 g/mol. The smallest absolute Gasteiger partial charge is 0.151 e. The van der Waals surface area contributed by atoms with Gasteiger partial charge in [0.05, 0.1) is 0 Å². The Labute approximate surface area is 67.9 Å². The maximum Gasteiger partial charge on any atom is 0.151 e. The van der Waals surface area contributed by atoms with Crippen LogP contribution in [-0.4, -0.2) is 16.0 Å². The first kappa shape index (κ1) is 7.55. The van der Waals surface area contributed by atoms with Crippen LogP contribution in [0.15, 0.2) is 0 Å². The molecule has 1 saturated carbocycles. The van der Waals surface area contributed by atoms with Gasteiger partial charge in [0.1, 0.15) is 5.38 Å². The summed E-state index contributed by atoms with van der Waals surface area (Å²) in [5, 5.41) is -0.279. The Morgan fingerprint density at radius 1 is 1.67 bits per heavy atom. The molecule has 0 saturated heterocycles. The van der Waals surface area contributed by atoms with E-state index < -0.39 is 0 Å². The third kappa shape index (κ3) is 1.68. The Morgan fingerprint density at radius 3 is 2.78 bits per heavy atom. The zero-order valence-corrected chi connectivity index (χ0v) is 7.28. The lowest BCUT2D eigenvalue weighted by Crippen LogP contribution is -2.29. The van der Waals surface area contributed by atoms with E-state index in [4.69, 9.17) is 11.6 Å². The maximum absolute atomic E-state index is 10.8. The molecule has 0 bridgehead atoms. The summed E-state index contributed by atoms with van der Waals surface area (Å²) >= 11 is 9.06. The summed E-state index contributed by atoms with van der Waals surface area (Å²) < 4.78 is 0. The normalized spacial score (nSPS) is 36.9. The Balaban J connectivity index is 2.51. The van der Waals surface area contributed by atoms with Crippen molar-refractivity contribution in [3.05, 3.63) is 0 Å². The molecule has 0 N–H and O–H groups in total. The summed E-state index contributed by atoms with van der Waals surface area (Å²) in [6.45, 7) is 0. The number of hydrogen-bond donors (Lipinski definition) is 0. The molecule has 0 amide bonds. The summed E-state index contributed by atoms with van der Waals surface area (Å²) in [6.07, 6.45) is 2.67. The van der Waals surface area contributed by atoms with Crippen LogP contribution in [0, 0.1) is 0 Å². The predicted octanol–water partition coefficient (Wildman–Crippen LogP) is 2.11. The first-order valence-electron chi connectivity index (χ1n) is 3.02. The second-order valence-electron chi connectivity index (χ2n) is 2.28. The van der Waals surface area contributed by atoms with Crippen molar-refractivity contribution < 1.29 is 4.79 Å². The number of ketones is 1. The highest BCUT2D eigenvalue weighted by molar-refractivity contribution is 9.09. The molecule has 9 heavy (non-hydrogen) atoms. The highest BCUT2D eigenvalue weighted by Gasteiger charge is 2.27. The van der Waals surface area contributed by atoms with Gasteiger partial charge in [0.25, 0.3) is 0 Å². The molecule has 0 aromatic heterocycles. The molecule has 1 rings (SSSR count). The molecular formula is C6H8BrClO. The predicted molar refractivity (Wildman–Crippen MR) is 41.2 cm³/mol. The lowest BCUT2D eigenvalue weighted by Gasteiger charge is -2.19. The molecule has 3 heteroatoms. The number of halogens is 2. The van der Waals surface area contributed by atoms with Crippen LogP contribution in [-0.2, 0) is 4.79 Å². The largest absolute Gasteiger partial charge is 0.298 e. The van der Waals surface area contributed by atoms with Crippen molar-refractivity contribution in [2.45, 2.75) is 29.5 Å². The zero-order chi connectivity index (χ0) is 6.85. The fourth-order valence-corrected chi connectivity index (χ4v) is 1.81. The molecule has 2 atom stereocenters. The van der Waals surface area contributed by atoms with Gasteiger partial charge in [-0.25, -0.2) is 0 Å². The van der Waals surface area contributed by atoms with Gasteiger partial charge in [-0.1, -0.05) is 15.9 Å². The SMILES string of the molecule is O=C1CCC[C@H](Br)[C@@H]1Cl. The molecular weight excluding hydrogens is 203 g/mol. The molecule has 0 aromatic rings. The molecule has 1 aliphatic rings. The molecule has 0 aliphatic heterocycles. The van der Waals surface area contributed by atoms with E-state index in [2.05, 4.69) is 15.9 Å². The first-order chi connectivity index (χ1) is 4.22. The van der Waals surface area contributed by atoms with Crippen LogP contribution in [0.2, 0.25) is 0 Å². The molecule has 1 nitrogen and oxygen atoms in total. The number of carbonyl (C=O) groups is 1. The van der Waals surface area contributed by atoms with Crippen molar-refractivity contribution >= 4 is 33.3 Å². The summed E-state index contributed by atoms with van der Waals surface area (Å²) in [4.78, 5) is 11.1. The number of carbonyl (C=O) groups excluding carboxylic acids is 1. The molecule has 52 valence electrons. The summed E-state index contributed by atoms with van der Waals surface area (Å²) in [7, 11) is 0. The van der Waals surface area contributed by atoms with Crippen LogP contribution < -0.4 is 0 Å². The number of alkyl halides is 2. The van der Waals surface area contributed by atoms with Crippen LogP contribution in [0.25, 0.3) is 0 Å². The van der Waals surface area contributed by atoms with E-state index in [0.29, 0.717) is 6.42 Å². The number of hydrogen-bond acceptors (Lipinski definition) is 1. The monoisotopic (exact) mass is 210 g/mol. The van der Waals surface area contributed by atoms with Gasteiger partial charge in [-0.05, 0) is 12.8 Å². The van der Waals surface area contributed by atoms with Gasteiger partial charge in [-0.2, -0.15) is 0 Å². The van der Waals surface area contributed by atoms with E-state index in [-0.39, 0.29) is 16.0 Å². The molecule has 0 unspecified atom stereocenters. The van der Waals surface area contributed by atoms with Crippen LogP contribution in [0.4, 0.5) is 0 Å². The van der Waals surface area contributed by atoms with Gasteiger partial charge < -0.3 is 0 Å². The Hall–Kier alpha value is 0.440. The first-order valence-corrected chi connectivity index (χ1v) is 4.38. The maximum atomic E-state index is 10.8. The van der Waals surface area contributed by atoms with Gasteiger partial charge in [0, 0.05) is 11.2 Å². The van der Waals surface area contributed by atoms with Gasteiger partial charge in [0.15, 0.2) is 5.78 Å². The summed E-state index contributed by atoms with van der Waals surface area (Å²) in [5.41, 5.74) is 0. The average Bonchev–Trinajstić information content (AvgIpc) is 1.83. The van der Waals surface area contributed by atoms with Gasteiger partial charge >= 0.3 is 0 Å². The van der Waals surface area contributed by atoms with Crippen LogP contribution in [0.3, 0.4) is 0 Å². The fraction of sp³-hybridized carbons (Fsp3) is 0.833. The minimum Gasteiger partial charge on any atom is -0.298 e. The number of rotatable bonds is 0.